The van der Waals surface area contributed by atoms with Crippen LogP contribution in [0.25, 0.3) is 0 Å². The molecule has 0 amide bonds. The lowest BCUT2D eigenvalue weighted by molar-refractivity contribution is -0.393. The Morgan fingerprint density at radius 2 is 1.96 bits per heavy atom. The minimum atomic E-state index is -0.850. The molecule has 124 valence electrons. The van der Waals surface area contributed by atoms with Crippen molar-refractivity contribution in [2.75, 3.05) is 12.0 Å². The number of halogens is 1. The van der Waals surface area contributed by atoms with Gasteiger partial charge >= 0.3 is 11.7 Å². The molecule has 0 aliphatic rings. The standard InChI is InChI=1S/C11H12ClN5O6/c1-2-23-11(18)5-10(13)15-14-7-3-6(12)8(16(19)20)4-9(7)17(21)22/h3-4,14H,2,5H2,1H3,(H2,13,15). The Hall–Kier alpha value is -2.95. The Bertz CT molecular complexity index is 677. The first kappa shape index (κ1) is 18.1. The number of benzene rings is 1. The summed E-state index contributed by atoms with van der Waals surface area (Å²) in [6.07, 6.45) is -0.324. The number of nitrogens with one attached hydrogen (secondary N) is 1. The van der Waals surface area contributed by atoms with Crippen molar-refractivity contribution in [1.29, 1.82) is 0 Å². The van der Waals surface area contributed by atoms with E-state index in [0.717, 1.165) is 6.07 Å². The molecule has 12 heteroatoms. The first-order valence-electron chi connectivity index (χ1n) is 6.12. The SMILES string of the molecule is CCOC(=O)C/C(N)=N/Nc1cc(Cl)c([N+](=O)[O-])cc1[N+](=O)[O-]. The summed E-state index contributed by atoms with van der Waals surface area (Å²) in [7, 11) is 0. The minimum Gasteiger partial charge on any atom is -0.466 e. The van der Waals surface area contributed by atoms with E-state index in [9.17, 15) is 25.0 Å². The zero-order valence-electron chi connectivity index (χ0n) is 11.8. The van der Waals surface area contributed by atoms with Crippen LogP contribution in [0.3, 0.4) is 0 Å². The summed E-state index contributed by atoms with van der Waals surface area (Å²) in [6.45, 7) is 1.79. The Morgan fingerprint density at radius 1 is 1.35 bits per heavy atom. The molecule has 0 saturated carbocycles. The maximum Gasteiger partial charge on any atom is 0.313 e. The molecule has 1 aromatic rings. The summed E-state index contributed by atoms with van der Waals surface area (Å²) in [6, 6.07) is 1.67. The van der Waals surface area contributed by atoms with Gasteiger partial charge in [-0.3, -0.25) is 30.4 Å². The average molecular weight is 346 g/mol. The number of nitro benzene ring substituents is 2. The molecule has 11 nitrogen and oxygen atoms in total. The van der Waals surface area contributed by atoms with Gasteiger partial charge in [-0.05, 0) is 13.0 Å². The maximum atomic E-state index is 11.2. The fourth-order valence-corrected chi connectivity index (χ4v) is 1.70. The van der Waals surface area contributed by atoms with Crippen molar-refractivity contribution < 1.29 is 19.4 Å². The zero-order valence-corrected chi connectivity index (χ0v) is 12.6. The Kier molecular flexibility index (Phi) is 6.21. The Morgan fingerprint density at radius 3 is 2.48 bits per heavy atom. The number of carbonyl (C=O) groups is 1. The number of rotatable bonds is 7. The summed E-state index contributed by atoms with van der Waals surface area (Å²) in [4.78, 5) is 31.2. The van der Waals surface area contributed by atoms with Crippen LogP contribution in [0.5, 0.6) is 0 Å². The van der Waals surface area contributed by atoms with Crippen LogP contribution in [-0.4, -0.2) is 28.3 Å². The van der Waals surface area contributed by atoms with Gasteiger partial charge in [-0.1, -0.05) is 11.6 Å². The van der Waals surface area contributed by atoms with Gasteiger partial charge in [-0.2, -0.15) is 5.10 Å². The predicted molar refractivity (Wildman–Crippen MR) is 81.3 cm³/mol. The molecule has 23 heavy (non-hydrogen) atoms. The van der Waals surface area contributed by atoms with Crippen molar-refractivity contribution in [3.63, 3.8) is 0 Å². The average Bonchev–Trinajstić information content (AvgIpc) is 2.44. The molecule has 0 saturated heterocycles. The fraction of sp³-hybridized carbons (Fsp3) is 0.273. The lowest BCUT2D eigenvalue weighted by atomic mass is 10.2. The quantitative estimate of drug-likeness (QED) is 0.248. The molecule has 0 aliphatic heterocycles. The summed E-state index contributed by atoms with van der Waals surface area (Å²) < 4.78 is 4.66. The largest absolute Gasteiger partial charge is 0.466 e. The third kappa shape index (κ3) is 5.07. The van der Waals surface area contributed by atoms with E-state index in [1.807, 2.05) is 0 Å². The summed E-state index contributed by atoms with van der Waals surface area (Å²) in [5.41, 5.74) is 6.28. The van der Waals surface area contributed by atoms with E-state index in [0.29, 0.717) is 6.07 Å². The number of nitrogens with zero attached hydrogens (tertiary/aromatic N) is 3. The molecule has 0 atom stereocenters. The van der Waals surface area contributed by atoms with Crippen LogP contribution in [0.4, 0.5) is 17.1 Å². The molecule has 3 N–H and O–H groups in total. The van der Waals surface area contributed by atoms with E-state index >= 15 is 0 Å². The second-order valence-electron chi connectivity index (χ2n) is 4.03. The molecule has 0 aromatic heterocycles. The van der Waals surface area contributed by atoms with Crippen molar-refractivity contribution in [3.8, 4) is 0 Å². The van der Waals surface area contributed by atoms with Gasteiger partial charge in [0.05, 0.1) is 22.5 Å². The molecule has 0 spiro atoms. The highest BCUT2D eigenvalue weighted by Crippen LogP contribution is 2.35. The number of nitro groups is 2. The van der Waals surface area contributed by atoms with E-state index in [2.05, 4.69) is 15.3 Å². The van der Waals surface area contributed by atoms with Gasteiger partial charge in [0.15, 0.2) is 0 Å². The summed E-state index contributed by atoms with van der Waals surface area (Å²) in [5, 5.41) is 25.0. The van der Waals surface area contributed by atoms with Gasteiger partial charge in [-0.25, -0.2) is 0 Å². The Labute approximate surface area is 134 Å². The number of amidine groups is 1. The van der Waals surface area contributed by atoms with Crippen molar-refractivity contribution in [2.24, 2.45) is 10.8 Å². The number of ether oxygens (including phenoxy) is 1. The first-order valence-corrected chi connectivity index (χ1v) is 6.50. The van der Waals surface area contributed by atoms with Crippen LogP contribution in [0.2, 0.25) is 5.02 Å². The molecule has 0 aliphatic carbocycles. The first-order chi connectivity index (χ1) is 10.8. The van der Waals surface area contributed by atoms with Gasteiger partial charge in [0, 0.05) is 0 Å². The van der Waals surface area contributed by atoms with Crippen LogP contribution in [-0.2, 0) is 9.53 Å². The summed E-state index contributed by atoms with van der Waals surface area (Å²) >= 11 is 5.68. The minimum absolute atomic E-state index is 0.170. The lowest BCUT2D eigenvalue weighted by Crippen LogP contribution is -2.20. The fourth-order valence-electron chi connectivity index (χ4n) is 1.46. The van der Waals surface area contributed by atoms with Crippen LogP contribution in [0, 0.1) is 20.2 Å². The number of nitrogens with two attached hydrogens (primary N) is 1. The molecule has 0 bridgehead atoms. The smallest absolute Gasteiger partial charge is 0.313 e. The van der Waals surface area contributed by atoms with Crippen LogP contribution >= 0.6 is 11.6 Å². The predicted octanol–water partition coefficient (Wildman–Crippen LogP) is 1.79. The van der Waals surface area contributed by atoms with E-state index in [1.165, 1.54) is 0 Å². The van der Waals surface area contributed by atoms with E-state index in [4.69, 9.17) is 17.3 Å². The molecule has 0 radical (unpaired) electrons. The van der Waals surface area contributed by atoms with Gasteiger partial charge in [0.25, 0.3) is 5.69 Å². The van der Waals surface area contributed by atoms with Crippen molar-refractivity contribution >= 4 is 40.5 Å². The normalized spacial score (nSPS) is 11.0. The van der Waals surface area contributed by atoms with Gasteiger partial charge in [-0.15, -0.1) is 0 Å². The molecule has 1 aromatic carbocycles. The highest BCUT2D eigenvalue weighted by atomic mass is 35.5. The van der Waals surface area contributed by atoms with Crippen LogP contribution in [0.1, 0.15) is 13.3 Å². The third-order valence-electron chi connectivity index (χ3n) is 2.41. The highest BCUT2D eigenvalue weighted by Gasteiger charge is 2.23. The van der Waals surface area contributed by atoms with Gasteiger partial charge in [0.1, 0.15) is 23.0 Å². The highest BCUT2D eigenvalue weighted by molar-refractivity contribution is 6.33. The van der Waals surface area contributed by atoms with Gasteiger partial charge < -0.3 is 10.5 Å². The van der Waals surface area contributed by atoms with E-state index < -0.39 is 27.2 Å². The number of esters is 1. The number of anilines is 1. The number of hydrogen-bond acceptors (Lipinski definition) is 8. The monoisotopic (exact) mass is 345 g/mol. The van der Waals surface area contributed by atoms with Crippen LogP contribution in [0.15, 0.2) is 17.2 Å². The van der Waals surface area contributed by atoms with Gasteiger partial charge in [0.2, 0.25) is 0 Å². The lowest BCUT2D eigenvalue weighted by Gasteiger charge is -2.05. The topological polar surface area (TPSA) is 163 Å². The molecule has 1 rings (SSSR count). The van der Waals surface area contributed by atoms with Crippen LogP contribution < -0.4 is 11.2 Å². The molecular weight excluding hydrogens is 334 g/mol. The summed E-state index contributed by atoms with van der Waals surface area (Å²) in [5.74, 6) is -0.806. The molecular formula is C11H12ClN5O6. The number of hydrogen-bond donors (Lipinski definition) is 2. The molecule has 0 fully saturated rings. The second-order valence-corrected chi connectivity index (χ2v) is 4.44. The van der Waals surface area contributed by atoms with Crippen molar-refractivity contribution in [3.05, 3.63) is 37.4 Å². The number of carbonyl (C=O) groups excluding carboxylic acids is 1. The Balaban J connectivity index is 3.04. The van der Waals surface area contributed by atoms with Crippen molar-refractivity contribution in [2.45, 2.75) is 13.3 Å². The molecule has 0 heterocycles. The van der Waals surface area contributed by atoms with Crippen molar-refractivity contribution in [1.82, 2.24) is 0 Å². The maximum absolute atomic E-state index is 11.2. The zero-order chi connectivity index (χ0) is 17.6. The number of hydrazone groups is 1. The molecule has 0 unspecified atom stereocenters. The van der Waals surface area contributed by atoms with E-state index in [-0.39, 0.29) is 29.6 Å². The van der Waals surface area contributed by atoms with E-state index in [1.54, 1.807) is 6.92 Å². The third-order valence-corrected chi connectivity index (χ3v) is 2.71. The second kappa shape index (κ2) is 7.89.